The van der Waals surface area contributed by atoms with Crippen molar-refractivity contribution in [2.24, 2.45) is 5.14 Å². The summed E-state index contributed by atoms with van der Waals surface area (Å²) >= 11 is 0. The second-order valence-corrected chi connectivity index (χ2v) is 3.74. The van der Waals surface area contributed by atoms with Crippen LogP contribution in [0, 0.1) is 11.3 Å². The van der Waals surface area contributed by atoms with Crippen LogP contribution in [0.2, 0.25) is 0 Å². The van der Waals surface area contributed by atoms with E-state index in [1.807, 2.05) is 10.8 Å². The van der Waals surface area contributed by atoms with Gasteiger partial charge in [-0.15, -0.1) is 0 Å². The molecule has 0 saturated heterocycles. The minimum atomic E-state index is -3.78. The maximum atomic E-state index is 10.5. The number of rotatable bonds is 3. The summed E-state index contributed by atoms with van der Waals surface area (Å²) in [5.74, 6) is 0. The molecule has 0 aliphatic heterocycles. The zero-order chi connectivity index (χ0) is 9.12. The Bertz CT molecular complexity index is 266. The molecule has 1 unspecified atom stereocenters. The molecule has 0 bridgehead atoms. The molecule has 0 spiro atoms. The van der Waals surface area contributed by atoms with E-state index in [4.69, 9.17) is 5.26 Å². The van der Waals surface area contributed by atoms with Gasteiger partial charge in [-0.05, 0) is 13.3 Å². The van der Waals surface area contributed by atoms with Crippen LogP contribution in [-0.4, -0.2) is 14.0 Å². The molecule has 0 rings (SSSR count). The number of hydrogen-bond donors (Lipinski definition) is 2. The molecule has 0 aliphatic carbocycles. The second-order valence-electron chi connectivity index (χ2n) is 2.44. The minimum Gasteiger partial charge on any atom is -0.216 e. The van der Waals surface area contributed by atoms with Gasteiger partial charge in [0.25, 0.3) is 10.2 Å². The SMILES string of the molecule is CCC(C)(C#N)NS(N)(=O)=O. The number of nitrogens with zero attached hydrogens (tertiary/aromatic N) is 1. The molecule has 5 nitrogen and oxygen atoms in total. The van der Waals surface area contributed by atoms with Crippen LogP contribution in [0.5, 0.6) is 0 Å². The van der Waals surface area contributed by atoms with Gasteiger partial charge in [-0.2, -0.15) is 18.4 Å². The van der Waals surface area contributed by atoms with Gasteiger partial charge in [0.15, 0.2) is 0 Å². The van der Waals surface area contributed by atoms with Crippen molar-refractivity contribution in [1.82, 2.24) is 4.72 Å². The second kappa shape index (κ2) is 3.17. The number of nitrogens with two attached hydrogens (primary N) is 1. The van der Waals surface area contributed by atoms with Gasteiger partial charge < -0.3 is 0 Å². The van der Waals surface area contributed by atoms with Crippen molar-refractivity contribution >= 4 is 10.2 Å². The highest BCUT2D eigenvalue weighted by Crippen LogP contribution is 2.06. The normalized spacial score (nSPS) is 16.9. The van der Waals surface area contributed by atoms with E-state index in [1.165, 1.54) is 6.92 Å². The fourth-order valence-electron chi connectivity index (χ4n) is 0.488. The van der Waals surface area contributed by atoms with Crippen LogP contribution < -0.4 is 9.86 Å². The summed E-state index contributed by atoms with van der Waals surface area (Å²) in [4.78, 5) is 0. The van der Waals surface area contributed by atoms with Gasteiger partial charge in [-0.25, -0.2) is 5.14 Å². The van der Waals surface area contributed by atoms with Gasteiger partial charge in [0.05, 0.1) is 6.07 Å². The summed E-state index contributed by atoms with van der Waals surface area (Å²) in [6, 6.07) is 1.81. The Hall–Kier alpha value is -0.640. The van der Waals surface area contributed by atoms with Crippen molar-refractivity contribution in [3.05, 3.63) is 0 Å². The largest absolute Gasteiger partial charge is 0.275 e. The lowest BCUT2D eigenvalue weighted by Crippen LogP contribution is -2.47. The molecule has 0 heterocycles. The third kappa shape index (κ3) is 3.93. The Morgan fingerprint density at radius 3 is 2.27 bits per heavy atom. The predicted molar refractivity (Wildman–Crippen MR) is 40.6 cm³/mol. The molecule has 0 aromatic carbocycles. The summed E-state index contributed by atoms with van der Waals surface area (Å²) in [5, 5.41) is 13.2. The first-order valence-electron chi connectivity index (χ1n) is 3.06. The quantitative estimate of drug-likeness (QED) is 0.606. The standard InChI is InChI=1S/C5H11N3O2S/c1-3-5(2,4-6)8-11(7,9)10/h8H,3H2,1-2H3,(H2,7,9,10). The lowest BCUT2D eigenvalue weighted by atomic mass is 10.0. The van der Waals surface area contributed by atoms with Crippen LogP contribution in [0.4, 0.5) is 0 Å². The number of nitrogens with one attached hydrogen (secondary N) is 1. The molecule has 1 atom stereocenters. The van der Waals surface area contributed by atoms with Crippen LogP contribution in [0.3, 0.4) is 0 Å². The molecule has 0 radical (unpaired) electrons. The first kappa shape index (κ1) is 10.4. The van der Waals surface area contributed by atoms with Crippen molar-refractivity contribution in [2.45, 2.75) is 25.8 Å². The molecular weight excluding hydrogens is 166 g/mol. The Morgan fingerprint density at radius 1 is 1.73 bits per heavy atom. The van der Waals surface area contributed by atoms with Crippen LogP contribution >= 0.6 is 0 Å². The highest BCUT2D eigenvalue weighted by Gasteiger charge is 2.25. The van der Waals surface area contributed by atoms with Crippen LogP contribution in [-0.2, 0) is 10.2 Å². The molecule has 11 heavy (non-hydrogen) atoms. The Kier molecular flexibility index (Phi) is 2.99. The summed E-state index contributed by atoms with van der Waals surface area (Å²) in [6.45, 7) is 3.17. The van der Waals surface area contributed by atoms with Gasteiger partial charge >= 0.3 is 0 Å². The Morgan fingerprint density at radius 2 is 2.18 bits per heavy atom. The van der Waals surface area contributed by atoms with Crippen molar-refractivity contribution in [3.8, 4) is 6.07 Å². The fourth-order valence-corrected chi connectivity index (χ4v) is 1.31. The average Bonchev–Trinajstić information content (AvgIpc) is 1.84. The first-order valence-corrected chi connectivity index (χ1v) is 4.60. The van der Waals surface area contributed by atoms with E-state index in [0.717, 1.165) is 0 Å². The molecule has 0 saturated carbocycles. The summed E-state index contributed by atoms with van der Waals surface area (Å²) < 4.78 is 23.0. The highest BCUT2D eigenvalue weighted by molar-refractivity contribution is 7.87. The smallest absolute Gasteiger partial charge is 0.216 e. The molecule has 0 amide bonds. The average molecular weight is 177 g/mol. The van der Waals surface area contributed by atoms with Gasteiger partial charge in [-0.1, -0.05) is 6.92 Å². The van der Waals surface area contributed by atoms with Crippen LogP contribution in [0.25, 0.3) is 0 Å². The van der Waals surface area contributed by atoms with E-state index >= 15 is 0 Å². The van der Waals surface area contributed by atoms with E-state index < -0.39 is 15.7 Å². The summed E-state index contributed by atoms with van der Waals surface area (Å²) in [5.41, 5.74) is -1.09. The molecule has 0 aromatic rings. The zero-order valence-electron chi connectivity index (χ0n) is 6.46. The molecule has 64 valence electrons. The number of hydrogen-bond acceptors (Lipinski definition) is 3. The van der Waals surface area contributed by atoms with Gasteiger partial charge in [0.1, 0.15) is 5.54 Å². The maximum absolute atomic E-state index is 10.5. The van der Waals surface area contributed by atoms with E-state index in [1.54, 1.807) is 6.92 Å². The summed E-state index contributed by atoms with van der Waals surface area (Å²) in [7, 11) is -3.78. The van der Waals surface area contributed by atoms with E-state index in [-0.39, 0.29) is 0 Å². The fraction of sp³-hybridized carbons (Fsp3) is 0.800. The van der Waals surface area contributed by atoms with Crippen molar-refractivity contribution in [3.63, 3.8) is 0 Å². The third-order valence-corrected chi connectivity index (χ3v) is 2.06. The lowest BCUT2D eigenvalue weighted by Gasteiger charge is -2.18. The van der Waals surface area contributed by atoms with Crippen LogP contribution in [0.1, 0.15) is 20.3 Å². The summed E-state index contributed by atoms with van der Waals surface area (Å²) in [6.07, 6.45) is 0.375. The van der Waals surface area contributed by atoms with E-state index in [9.17, 15) is 8.42 Å². The predicted octanol–water partition coefficient (Wildman–Crippen LogP) is -0.528. The van der Waals surface area contributed by atoms with Crippen molar-refractivity contribution < 1.29 is 8.42 Å². The van der Waals surface area contributed by atoms with Crippen molar-refractivity contribution in [2.75, 3.05) is 0 Å². The van der Waals surface area contributed by atoms with Gasteiger partial charge in [-0.3, -0.25) is 0 Å². The topological polar surface area (TPSA) is 96.0 Å². The maximum Gasteiger partial charge on any atom is 0.275 e. The lowest BCUT2D eigenvalue weighted by molar-refractivity contribution is 0.496. The molecule has 3 N–H and O–H groups in total. The molecule has 0 aromatic heterocycles. The van der Waals surface area contributed by atoms with E-state index in [0.29, 0.717) is 6.42 Å². The molecule has 0 fully saturated rings. The minimum absolute atomic E-state index is 0.375. The van der Waals surface area contributed by atoms with Gasteiger partial charge in [0.2, 0.25) is 0 Å². The number of nitriles is 1. The molecule has 0 aliphatic rings. The van der Waals surface area contributed by atoms with Gasteiger partial charge in [0, 0.05) is 0 Å². The highest BCUT2D eigenvalue weighted by atomic mass is 32.2. The monoisotopic (exact) mass is 177 g/mol. The Balaban J connectivity index is 4.49. The first-order chi connectivity index (χ1) is 4.83. The van der Waals surface area contributed by atoms with Crippen molar-refractivity contribution in [1.29, 1.82) is 5.26 Å². The zero-order valence-corrected chi connectivity index (χ0v) is 7.27. The molecular formula is C5H11N3O2S. The van der Waals surface area contributed by atoms with Crippen LogP contribution in [0.15, 0.2) is 0 Å². The third-order valence-electron chi connectivity index (χ3n) is 1.32. The Labute approximate surface area is 66.4 Å². The molecule has 6 heteroatoms. The van der Waals surface area contributed by atoms with E-state index in [2.05, 4.69) is 5.14 Å².